The van der Waals surface area contributed by atoms with Crippen LogP contribution in [-0.2, 0) is 20.1 Å². The second kappa shape index (κ2) is 11.7. The van der Waals surface area contributed by atoms with Crippen molar-refractivity contribution in [3.8, 4) is 0 Å². The van der Waals surface area contributed by atoms with Crippen LogP contribution >= 0.6 is 11.3 Å². The first kappa shape index (κ1) is 21.4. The van der Waals surface area contributed by atoms with E-state index >= 15 is 0 Å². The summed E-state index contributed by atoms with van der Waals surface area (Å²) >= 11 is 1.75. The van der Waals surface area contributed by atoms with Gasteiger partial charge in [0.15, 0.2) is 11.8 Å². The maximum atomic E-state index is 4.70. The van der Waals surface area contributed by atoms with Gasteiger partial charge in [0.1, 0.15) is 12.4 Å². The van der Waals surface area contributed by atoms with E-state index in [2.05, 4.69) is 52.2 Å². The topological polar surface area (TPSA) is 67.1 Å². The number of rotatable bonds is 11. The van der Waals surface area contributed by atoms with Gasteiger partial charge in [0, 0.05) is 18.5 Å². The van der Waals surface area contributed by atoms with Crippen LogP contribution in [0.4, 0.5) is 0 Å². The Morgan fingerprint density at radius 1 is 1.19 bits per heavy atom. The fraction of sp³-hybridized carbons (Fsp3) is 0.650. The molecule has 0 aliphatic heterocycles. The molecule has 27 heavy (non-hydrogen) atoms. The van der Waals surface area contributed by atoms with Gasteiger partial charge in [-0.25, -0.2) is 4.99 Å². The van der Waals surface area contributed by atoms with Crippen LogP contribution in [0.5, 0.6) is 0 Å². The lowest BCUT2D eigenvalue weighted by Crippen LogP contribution is -2.37. The summed E-state index contributed by atoms with van der Waals surface area (Å²) in [5.41, 5.74) is 0. The molecule has 0 aliphatic carbocycles. The molecule has 0 aromatic carbocycles. The zero-order valence-corrected chi connectivity index (χ0v) is 18.0. The molecule has 2 rings (SSSR count). The van der Waals surface area contributed by atoms with E-state index in [1.807, 2.05) is 18.5 Å². The van der Waals surface area contributed by atoms with Gasteiger partial charge in [-0.3, -0.25) is 0 Å². The third-order valence-electron chi connectivity index (χ3n) is 4.57. The highest BCUT2D eigenvalue weighted by Gasteiger charge is 2.05. The molecule has 0 fully saturated rings. The molecule has 0 amide bonds. The van der Waals surface area contributed by atoms with Gasteiger partial charge in [-0.2, -0.15) is 0 Å². The first-order valence-corrected chi connectivity index (χ1v) is 10.8. The van der Waals surface area contributed by atoms with Crippen LogP contribution in [0.25, 0.3) is 0 Å². The quantitative estimate of drug-likeness (QED) is 0.345. The zero-order valence-electron chi connectivity index (χ0n) is 17.2. The smallest absolute Gasteiger partial charge is 0.192 e. The molecule has 0 bridgehead atoms. The van der Waals surface area contributed by atoms with Gasteiger partial charge in [0.25, 0.3) is 0 Å². The van der Waals surface area contributed by atoms with Crippen LogP contribution < -0.4 is 10.6 Å². The van der Waals surface area contributed by atoms with Gasteiger partial charge in [0.05, 0.1) is 6.54 Å². The number of thiophene rings is 1. The molecule has 2 N–H and O–H groups in total. The fourth-order valence-electron chi connectivity index (χ4n) is 2.73. The van der Waals surface area contributed by atoms with E-state index in [1.165, 1.54) is 37.0 Å². The van der Waals surface area contributed by atoms with E-state index in [4.69, 9.17) is 4.99 Å². The van der Waals surface area contributed by atoms with Gasteiger partial charge in [-0.1, -0.05) is 45.6 Å². The van der Waals surface area contributed by atoms with Crippen LogP contribution in [-0.4, -0.2) is 27.3 Å². The number of aryl methyl sites for hydroxylation is 1. The monoisotopic (exact) mass is 390 g/mol. The molecule has 0 atom stereocenters. The average Bonchev–Trinajstić information content (AvgIpc) is 3.27. The molecular formula is C20H34N6S. The van der Waals surface area contributed by atoms with E-state index in [9.17, 15) is 0 Å². The lowest BCUT2D eigenvalue weighted by atomic mass is 10.0. The van der Waals surface area contributed by atoms with Crippen LogP contribution in [0.3, 0.4) is 0 Å². The van der Waals surface area contributed by atoms with Crippen molar-refractivity contribution < 1.29 is 0 Å². The number of nitrogens with one attached hydrogen (secondary N) is 2. The standard InChI is InChI=1S/C20H34N6S/c1-16(2)10-7-5-6-8-12-21-20(22-14-18-11-9-13-27-18)23-15-19-25-24-17(3)26(19)4/h9,11,13,16H,5-8,10,12,14-15H2,1-4H3,(H2,21,22,23). The van der Waals surface area contributed by atoms with Crippen molar-refractivity contribution in [1.82, 2.24) is 25.4 Å². The van der Waals surface area contributed by atoms with Crippen molar-refractivity contribution in [3.63, 3.8) is 0 Å². The van der Waals surface area contributed by atoms with E-state index in [-0.39, 0.29) is 0 Å². The molecule has 0 unspecified atom stereocenters. The Balaban J connectivity index is 1.79. The number of nitrogens with zero attached hydrogens (tertiary/aromatic N) is 4. The number of aromatic nitrogens is 3. The Morgan fingerprint density at radius 2 is 2.00 bits per heavy atom. The van der Waals surface area contributed by atoms with Crippen molar-refractivity contribution in [1.29, 1.82) is 0 Å². The number of guanidine groups is 1. The predicted molar refractivity (Wildman–Crippen MR) is 114 cm³/mol. The molecule has 0 aliphatic rings. The molecule has 0 saturated carbocycles. The van der Waals surface area contributed by atoms with E-state index < -0.39 is 0 Å². The largest absolute Gasteiger partial charge is 0.356 e. The van der Waals surface area contributed by atoms with Gasteiger partial charge in [-0.05, 0) is 30.7 Å². The van der Waals surface area contributed by atoms with Crippen molar-refractivity contribution >= 4 is 17.3 Å². The molecule has 0 saturated heterocycles. The van der Waals surface area contributed by atoms with Crippen LogP contribution in [0.1, 0.15) is 62.5 Å². The summed E-state index contributed by atoms with van der Waals surface area (Å²) in [6.45, 7) is 8.79. The second-order valence-corrected chi connectivity index (χ2v) is 8.38. The first-order valence-electron chi connectivity index (χ1n) is 9.95. The number of unbranched alkanes of at least 4 members (excludes halogenated alkanes) is 3. The fourth-order valence-corrected chi connectivity index (χ4v) is 3.38. The molecule has 2 aromatic rings. The summed E-state index contributed by atoms with van der Waals surface area (Å²) < 4.78 is 1.98. The summed E-state index contributed by atoms with van der Waals surface area (Å²) in [7, 11) is 1.98. The summed E-state index contributed by atoms with van der Waals surface area (Å²) in [5, 5.41) is 17.3. The molecule has 150 valence electrons. The molecular weight excluding hydrogens is 356 g/mol. The average molecular weight is 391 g/mol. The van der Waals surface area contributed by atoms with Crippen LogP contribution in [0, 0.1) is 12.8 Å². The van der Waals surface area contributed by atoms with Crippen LogP contribution in [0.2, 0.25) is 0 Å². The highest BCUT2D eigenvalue weighted by molar-refractivity contribution is 7.09. The highest BCUT2D eigenvalue weighted by Crippen LogP contribution is 2.09. The van der Waals surface area contributed by atoms with E-state index in [0.717, 1.165) is 36.6 Å². The Kier molecular flexibility index (Phi) is 9.31. The molecule has 7 heteroatoms. The molecule has 2 aromatic heterocycles. The SMILES string of the molecule is Cc1nnc(CN=C(NCCCCCCC(C)C)NCc2cccs2)n1C. The number of hydrogen-bond donors (Lipinski definition) is 2. The van der Waals surface area contributed by atoms with Crippen LogP contribution in [0.15, 0.2) is 22.5 Å². The lowest BCUT2D eigenvalue weighted by molar-refractivity contribution is 0.518. The van der Waals surface area contributed by atoms with Crippen molar-refractivity contribution in [2.24, 2.45) is 18.0 Å². The maximum absolute atomic E-state index is 4.70. The Hall–Kier alpha value is -1.89. The van der Waals surface area contributed by atoms with Gasteiger partial charge >= 0.3 is 0 Å². The third-order valence-corrected chi connectivity index (χ3v) is 5.45. The summed E-state index contributed by atoms with van der Waals surface area (Å²) in [6.07, 6.45) is 6.41. The third kappa shape index (κ3) is 8.12. The number of hydrogen-bond acceptors (Lipinski definition) is 4. The first-order chi connectivity index (χ1) is 13.1. The van der Waals surface area contributed by atoms with E-state index in [0.29, 0.717) is 6.54 Å². The zero-order chi connectivity index (χ0) is 19.5. The molecule has 0 spiro atoms. The molecule has 0 radical (unpaired) electrons. The summed E-state index contributed by atoms with van der Waals surface area (Å²) in [5.74, 6) is 3.43. The summed E-state index contributed by atoms with van der Waals surface area (Å²) in [6, 6.07) is 4.21. The second-order valence-electron chi connectivity index (χ2n) is 7.34. The van der Waals surface area contributed by atoms with Gasteiger partial charge < -0.3 is 15.2 Å². The molecule has 6 nitrogen and oxygen atoms in total. The predicted octanol–water partition coefficient (Wildman–Crippen LogP) is 4.03. The lowest BCUT2D eigenvalue weighted by Gasteiger charge is -2.12. The minimum Gasteiger partial charge on any atom is -0.356 e. The minimum absolute atomic E-state index is 0.519. The summed E-state index contributed by atoms with van der Waals surface area (Å²) in [4.78, 5) is 6.00. The molecule has 2 heterocycles. The maximum Gasteiger partial charge on any atom is 0.192 e. The Morgan fingerprint density at radius 3 is 2.67 bits per heavy atom. The van der Waals surface area contributed by atoms with Crippen molar-refractivity contribution in [2.75, 3.05) is 6.54 Å². The van der Waals surface area contributed by atoms with Gasteiger partial charge in [0.2, 0.25) is 0 Å². The van der Waals surface area contributed by atoms with Gasteiger partial charge in [-0.15, -0.1) is 21.5 Å². The van der Waals surface area contributed by atoms with Crippen molar-refractivity contribution in [2.45, 2.75) is 66.0 Å². The number of aliphatic imine (C=N–C) groups is 1. The Bertz CT molecular complexity index is 675. The van der Waals surface area contributed by atoms with E-state index in [1.54, 1.807) is 11.3 Å². The Labute approximate surface area is 167 Å². The van der Waals surface area contributed by atoms with Crippen molar-refractivity contribution in [3.05, 3.63) is 34.0 Å². The highest BCUT2D eigenvalue weighted by atomic mass is 32.1. The normalized spacial score (nSPS) is 12.0. The minimum atomic E-state index is 0.519.